The number of amides is 1. The van der Waals surface area contributed by atoms with Crippen molar-refractivity contribution >= 4 is 31.9 Å². The van der Waals surface area contributed by atoms with Gasteiger partial charge in [0.25, 0.3) is 0 Å². The SMILES string of the molecule is O=C(C1CCC(NS(=O)(=O)c2ccc(Br)cc2)CC1)N1CCCC[C@@H]1c1ccccc1. The third-order valence-corrected chi connectivity index (χ3v) is 8.56. The van der Waals surface area contributed by atoms with E-state index in [2.05, 4.69) is 37.7 Å². The quantitative estimate of drug-likeness (QED) is 0.619. The highest BCUT2D eigenvalue weighted by molar-refractivity contribution is 9.10. The first-order chi connectivity index (χ1) is 14.9. The van der Waals surface area contributed by atoms with Crippen LogP contribution in [0.3, 0.4) is 0 Å². The Balaban J connectivity index is 1.36. The van der Waals surface area contributed by atoms with Gasteiger partial charge in [0.05, 0.1) is 10.9 Å². The van der Waals surface area contributed by atoms with Crippen LogP contribution in [0.2, 0.25) is 0 Å². The molecule has 1 saturated heterocycles. The molecule has 1 heterocycles. The summed E-state index contributed by atoms with van der Waals surface area (Å²) >= 11 is 3.33. The molecule has 0 unspecified atom stereocenters. The molecule has 5 nitrogen and oxygen atoms in total. The van der Waals surface area contributed by atoms with Crippen LogP contribution in [0.5, 0.6) is 0 Å². The Kier molecular flexibility index (Phi) is 7.14. The third-order valence-electron chi connectivity index (χ3n) is 6.49. The molecule has 4 rings (SSSR count). The predicted molar refractivity (Wildman–Crippen MR) is 125 cm³/mol. The topological polar surface area (TPSA) is 66.5 Å². The molecule has 1 amide bonds. The van der Waals surface area contributed by atoms with E-state index in [9.17, 15) is 13.2 Å². The molecule has 1 aliphatic carbocycles. The molecule has 0 bridgehead atoms. The number of halogens is 1. The highest BCUT2D eigenvalue weighted by Gasteiger charge is 2.35. The Morgan fingerprint density at radius 1 is 0.903 bits per heavy atom. The summed E-state index contributed by atoms with van der Waals surface area (Å²) in [5.41, 5.74) is 1.21. The molecule has 2 aliphatic rings. The van der Waals surface area contributed by atoms with Crippen LogP contribution in [0, 0.1) is 5.92 Å². The molecule has 0 spiro atoms. The van der Waals surface area contributed by atoms with Gasteiger partial charge < -0.3 is 4.90 Å². The summed E-state index contributed by atoms with van der Waals surface area (Å²) in [5, 5.41) is 0. The van der Waals surface area contributed by atoms with Gasteiger partial charge in [-0.2, -0.15) is 0 Å². The Labute approximate surface area is 193 Å². The average Bonchev–Trinajstić information content (AvgIpc) is 2.80. The number of nitrogens with zero attached hydrogens (tertiary/aromatic N) is 1. The lowest BCUT2D eigenvalue weighted by Crippen LogP contribution is -2.45. The number of nitrogens with one attached hydrogen (secondary N) is 1. The third kappa shape index (κ3) is 5.38. The molecule has 1 atom stereocenters. The molecule has 0 radical (unpaired) electrons. The molecular formula is C24H29BrN2O3S. The van der Waals surface area contributed by atoms with Gasteiger partial charge in [0, 0.05) is 23.0 Å². The summed E-state index contributed by atoms with van der Waals surface area (Å²) in [5.74, 6) is 0.223. The summed E-state index contributed by atoms with van der Waals surface area (Å²) < 4.78 is 29.0. The van der Waals surface area contributed by atoms with Gasteiger partial charge in [-0.05, 0) is 74.8 Å². The summed E-state index contributed by atoms with van der Waals surface area (Å²) in [6.07, 6.45) is 6.05. The zero-order chi connectivity index (χ0) is 21.8. The lowest BCUT2D eigenvalue weighted by atomic mass is 9.84. The van der Waals surface area contributed by atoms with E-state index < -0.39 is 10.0 Å². The molecule has 2 fully saturated rings. The van der Waals surface area contributed by atoms with Crippen LogP contribution >= 0.6 is 15.9 Å². The van der Waals surface area contributed by atoms with Crippen LogP contribution in [0.4, 0.5) is 0 Å². The molecule has 2 aromatic rings. The molecule has 166 valence electrons. The van der Waals surface area contributed by atoms with E-state index in [0.717, 1.165) is 43.1 Å². The summed E-state index contributed by atoms with van der Waals surface area (Å²) in [4.78, 5) is 15.7. The Morgan fingerprint density at radius 3 is 2.26 bits per heavy atom. The number of sulfonamides is 1. The maximum absolute atomic E-state index is 13.4. The number of hydrogen-bond acceptors (Lipinski definition) is 3. The van der Waals surface area contributed by atoms with Crippen LogP contribution in [-0.4, -0.2) is 31.8 Å². The lowest BCUT2D eigenvalue weighted by molar-refractivity contribution is -0.140. The highest BCUT2D eigenvalue weighted by atomic mass is 79.9. The molecule has 1 saturated carbocycles. The van der Waals surface area contributed by atoms with Crippen LogP contribution in [-0.2, 0) is 14.8 Å². The van der Waals surface area contributed by atoms with Gasteiger partial charge in [0.15, 0.2) is 0 Å². The first-order valence-corrected chi connectivity index (χ1v) is 13.3. The van der Waals surface area contributed by atoms with E-state index in [4.69, 9.17) is 0 Å². The minimum absolute atomic E-state index is 0.0160. The minimum Gasteiger partial charge on any atom is -0.335 e. The minimum atomic E-state index is -3.55. The van der Waals surface area contributed by atoms with Crippen molar-refractivity contribution in [1.29, 1.82) is 0 Å². The summed E-state index contributed by atoms with van der Waals surface area (Å²) in [6.45, 7) is 0.814. The first kappa shape index (κ1) is 22.5. The fourth-order valence-corrected chi connectivity index (χ4v) is 6.38. The zero-order valence-corrected chi connectivity index (χ0v) is 19.9. The molecule has 7 heteroatoms. The monoisotopic (exact) mass is 504 g/mol. The van der Waals surface area contributed by atoms with Crippen molar-refractivity contribution in [2.75, 3.05) is 6.54 Å². The van der Waals surface area contributed by atoms with Gasteiger partial charge in [-0.25, -0.2) is 13.1 Å². The normalized spacial score (nSPS) is 24.7. The van der Waals surface area contributed by atoms with Gasteiger partial charge >= 0.3 is 0 Å². The van der Waals surface area contributed by atoms with Crippen molar-refractivity contribution in [2.45, 2.75) is 61.9 Å². The van der Waals surface area contributed by atoms with E-state index in [1.807, 2.05) is 18.2 Å². The van der Waals surface area contributed by atoms with Crippen molar-refractivity contribution in [2.24, 2.45) is 5.92 Å². The second kappa shape index (κ2) is 9.84. The van der Waals surface area contributed by atoms with Crippen molar-refractivity contribution in [3.05, 3.63) is 64.6 Å². The number of hydrogen-bond donors (Lipinski definition) is 1. The largest absolute Gasteiger partial charge is 0.335 e. The first-order valence-electron chi connectivity index (χ1n) is 11.1. The molecular weight excluding hydrogens is 476 g/mol. The van der Waals surface area contributed by atoms with Crippen molar-refractivity contribution < 1.29 is 13.2 Å². The van der Waals surface area contributed by atoms with Gasteiger partial charge in [-0.3, -0.25) is 4.79 Å². The molecule has 1 N–H and O–H groups in total. The molecule has 2 aromatic carbocycles. The van der Waals surface area contributed by atoms with Crippen LogP contribution in [0.1, 0.15) is 56.6 Å². The van der Waals surface area contributed by atoms with Gasteiger partial charge in [-0.15, -0.1) is 0 Å². The predicted octanol–water partition coefficient (Wildman–Crippen LogP) is 5.04. The Hall–Kier alpha value is -1.70. The lowest BCUT2D eigenvalue weighted by Gasteiger charge is -2.39. The number of benzene rings is 2. The second-order valence-electron chi connectivity index (χ2n) is 8.58. The number of carbonyl (C=O) groups excluding carboxylic acids is 1. The van der Waals surface area contributed by atoms with E-state index in [1.54, 1.807) is 24.3 Å². The van der Waals surface area contributed by atoms with Crippen LogP contribution < -0.4 is 4.72 Å². The maximum atomic E-state index is 13.4. The van der Waals surface area contributed by atoms with E-state index in [0.29, 0.717) is 12.8 Å². The summed E-state index contributed by atoms with van der Waals surface area (Å²) in [7, 11) is -3.55. The zero-order valence-electron chi connectivity index (χ0n) is 17.5. The maximum Gasteiger partial charge on any atom is 0.240 e. The number of carbonyl (C=O) groups is 1. The second-order valence-corrected chi connectivity index (χ2v) is 11.2. The van der Waals surface area contributed by atoms with E-state index >= 15 is 0 Å². The van der Waals surface area contributed by atoms with E-state index in [1.165, 1.54) is 5.56 Å². The van der Waals surface area contributed by atoms with Crippen LogP contribution in [0.25, 0.3) is 0 Å². The highest BCUT2D eigenvalue weighted by Crippen LogP contribution is 2.35. The number of piperidine rings is 1. The smallest absolute Gasteiger partial charge is 0.240 e. The number of likely N-dealkylation sites (tertiary alicyclic amines) is 1. The van der Waals surface area contributed by atoms with Crippen molar-refractivity contribution in [3.63, 3.8) is 0 Å². The van der Waals surface area contributed by atoms with Gasteiger partial charge in [0.1, 0.15) is 0 Å². The summed E-state index contributed by atoms with van der Waals surface area (Å²) in [6, 6.07) is 17.0. The van der Waals surface area contributed by atoms with Gasteiger partial charge in [0.2, 0.25) is 15.9 Å². The number of rotatable bonds is 5. The standard InChI is InChI=1S/C24H29BrN2O3S/c25-20-11-15-22(16-12-20)31(29,30)26-21-13-9-19(10-14-21)24(28)27-17-5-4-8-23(27)18-6-2-1-3-7-18/h1-3,6-7,11-12,15-16,19,21,23,26H,4-5,8-10,13-14,17H2/t19?,21?,23-/m1/s1. The van der Waals surface area contributed by atoms with Crippen molar-refractivity contribution in [3.8, 4) is 0 Å². The fraction of sp³-hybridized carbons (Fsp3) is 0.458. The van der Waals surface area contributed by atoms with Gasteiger partial charge in [-0.1, -0.05) is 46.3 Å². The van der Waals surface area contributed by atoms with E-state index in [-0.39, 0.29) is 28.8 Å². The van der Waals surface area contributed by atoms with Crippen molar-refractivity contribution in [1.82, 2.24) is 9.62 Å². The molecule has 0 aromatic heterocycles. The molecule has 1 aliphatic heterocycles. The average molecular weight is 505 g/mol. The fourth-order valence-electron chi connectivity index (χ4n) is 4.81. The van der Waals surface area contributed by atoms with Crippen LogP contribution in [0.15, 0.2) is 64.0 Å². The Bertz CT molecular complexity index is 987. The Morgan fingerprint density at radius 2 is 1.58 bits per heavy atom. The molecule has 31 heavy (non-hydrogen) atoms.